The molecule has 0 radical (unpaired) electrons. The molecule has 1 aliphatic heterocycles. The van der Waals surface area contributed by atoms with Gasteiger partial charge >= 0.3 is 0 Å². The number of fused-ring (bicyclic) bond motifs is 1. The highest BCUT2D eigenvalue weighted by molar-refractivity contribution is 7.93. The van der Waals surface area contributed by atoms with Gasteiger partial charge in [0.1, 0.15) is 0 Å². The zero-order chi connectivity index (χ0) is 17.9. The van der Waals surface area contributed by atoms with Crippen molar-refractivity contribution in [3.63, 3.8) is 0 Å². The van der Waals surface area contributed by atoms with Gasteiger partial charge in [-0.25, -0.2) is 8.42 Å². The summed E-state index contributed by atoms with van der Waals surface area (Å²) in [6.45, 7) is 2.23. The summed E-state index contributed by atoms with van der Waals surface area (Å²) in [5.41, 5.74) is 3.47. The molecule has 4 aromatic rings. The zero-order valence-electron chi connectivity index (χ0n) is 14.2. The summed E-state index contributed by atoms with van der Waals surface area (Å²) >= 11 is 0. The Morgan fingerprint density at radius 1 is 0.962 bits per heavy atom. The van der Waals surface area contributed by atoms with Gasteiger partial charge in [-0.05, 0) is 42.1 Å². The van der Waals surface area contributed by atoms with Gasteiger partial charge in [0.2, 0.25) is 0 Å². The van der Waals surface area contributed by atoms with E-state index in [1.165, 1.54) is 4.31 Å². The molecule has 0 unspecified atom stereocenters. The third kappa shape index (κ3) is 2.07. The van der Waals surface area contributed by atoms with Crippen molar-refractivity contribution < 1.29 is 8.42 Å². The standard InChI is InChI=1S/C21H16N2O2S/c1-14-12-16(17-8-2-3-9-18(17)22-14)13-23-19-10-4-6-15-7-5-11-20(21(15)19)26(23,24)25/h2-12H,13H2,1H3. The van der Waals surface area contributed by atoms with Crippen molar-refractivity contribution in [2.75, 3.05) is 4.31 Å². The maximum atomic E-state index is 13.2. The Morgan fingerprint density at radius 3 is 2.58 bits per heavy atom. The predicted molar refractivity (Wildman–Crippen MR) is 104 cm³/mol. The first-order valence-corrected chi connectivity index (χ1v) is 9.89. The number of aromatic nitrogens is 1. The number of hydrogen-bond acceptors (Lipinski definition) is 3. The van der Waals surface area contributed by atoms with Crippen LogP contribution in [0, 0.1) is 6.92 Å². The van der Waals surface area contributed by atoms with Gasteiger partial charge in [0.15, 0.2) is 0 Å². The molecule has 4 nitrogen and oxygen atoms in total. The molecule has 5 rings (SSSR count). The van der Waals surface area contributed by atoms with E-state index in [0.717, 1.165) is 38.6 Å². The number of pyridine rings is 1. The number of aryl methyl sites for hydroxylation is 1. The van der Waals surface area contributed by atoms with Crippen molar-refractivity contribution in [3.05, 3.63) is 78.0 Å². The summed E-state index contributed by atoms with van der Waals surface area (Å²) in [4.78, 5) is 4.95. The highest BCUT2D eigenvalue weighted by Gasteiger charge is 2.35. The molecule has 0 fully saturated rings. The summed E-state index contributed by atoms with van der Waals surface area (Å²) in [7, 11) is -3.57. The largest absolute Gasteiger partial charge is 0.265 e. The van der Waals surface area contributed by atoms with Crippen LogP contribution in [0.25, 0.3) is 21.7 Å². The van der Waals surface area contributed by atoms with Gasteiger partial charge < -0.3 is 0 Å². The van der Waals surface area contributed by atoms with Crippen LogP contribution in [-0.4, -0.2) is 13.4 Å². The monoisotopic (exact) mass is 360 g/mol. The quantitative estimate of drug-likeness (QED) is 0.532. The molecule has 0 saturated heterocycles. The Kier molecular flexibility index (Phi) is 3.12. The molecule has 1 aromatic heterocycles. The summed E-state index contributed by atoms with van der Waals surface area (Å²) in [5.74, 6) is 0. The summed E-state index contributed by atoms with van der Waals surface area (Å²) in [6.07, 6.45) is 0. The van der Waals surface area contributed by atoms with Crippen LogP contribution in [0.5, 0.6) is 0 Å². The van der Waals surface area contributed by atoms with Crippen LogP contribution in [0.3, 0.4) is 0 Å². The van der Waals surface area contributed by atoms with E-state index in [2.05, 4.69) is 4.98 Å². The van der Waals surface area contributed by atoms with Crippen molar-refractivity contribution in [3.8, 4) is 0 Å². The maximum Gasteiger partial charge on any atom is 0.265 e. The van der Waals surface area contributed by atoms with Crippen LogP contribution >= 0.6 is 0 Å². The molecule has 0 spiro atoms. The highest BCUT2D eigenvalue weighted by Crippen LogP contribution is 2.43. The maximum absolute atomic E-state index is 13.2. The predicted octanol–water partition coefficient (Wildman–Crippen LogP) is 4.41. The van der Waals surface area contributed by atoms with E-state index in [1.54, 1.807) is 12.1 Å². The normalized spacial score (nSPS) is 15.0. The Bertz CT molecular complexity index is 1290. The lowest BCUT2D eigenvalue weighted by Crippen LogP contribution is -2.26. The van der Waals surface area contributed by atoms with E-state index < -0.39 is 10.0 Å². The molecule has 3 aromatic carbocycles. The molecular formula is C21H16N2O2S. The fourth-order valence-electron chi connectivity index (χ4n) is 3.81. The summed E-state index contributed by atoms with van der Waals surface area (Å²) in [6, 6.07) is 21.0. The number of para-hydroxylation sites is 1. The fourth-order valence-corrected chi connectivity index (χ4v) is 5.50. The first-order valence-electron chi connectivity index (χ1n) is 8.45. The van der Waals surface area contributed by atoms with Gasteiger partial charge in [-0.2, -0.15) is 0 Å². The van der Waals surface area contributed by atoms with Crippen molar-refractivity contribution >= 4 is 37.4 Å². The molecule has 0 N–H and O–H groups in total. The first-order chi connectivity index (χ1) is 12.6. The number of sulfonamides is 1. The van der Waals surface area contributed by atoms with E-state index >= 15 is 0 Å². The SMILES string of the molecule is Cc1cc(CN2c3cccc4cccc(c34)S2(=O)=O)c2ccccc2n1. The zero-order valence-corrected chi connectivity index (χ0v) is 15.0. The molecule has 2 heterocycles. The highest BCUT2D eigenvalue weighted by atomic mass is 32.2. The third-order valence-corrected chi connectivity index (χ3v) is 6.73. The Balaban J connectivity index is 1.73. The minimum atomic E-state index is -3.57. The van der Waals surface area contributed by atoms with Crippen molar-refractivity contribution in [1.29, 1.82) is 0 Å². The van der Waals surface area contributed by atoms with E-state index in [-0.39, 0.29) is 0 Å². The van der Waals surface area contributed by atoms with Crippen molar-refractivity contribution in [2.45, 2.75) is 18.4 Å². The molecule has 128 valence electrons. The Hall–Kier alpha value is -2.92. The van der Waals surface area contributed by atoms with Gasteiger partial charge in [-0.15, -0.1) is 0 Å². The first kappa shape index (κ1) is 15.3. The van der Waals surface area contributed by atoms with Crippen LogP contribution in [0.4, 0.5) is 5.69 Å². The third-order valence-electron chi connectivity index (χ3n) is 4.93. The van der Waals surface area contributed by atoms with E-state index in [4.69, 9.17) is 0 Å². The van der Waals surface area contributed by atoms with Crippen LogP contribution in [0.2, 0.25) is 0 Å². The van der Waals surface area contributed by atoms with Gasteiger partial charge in [0.05, 0.1) is 22.6 Å². The van der Waals surface area contributed by atoms with E-state index in [1.807, 2.05) is 61.5 Å². The van der Waals surface area contributed by atoms with Gasteiger partial charge in [-0.3, -0.25) is 9.29 Å². The second-order valence-corrected chi connectivity index (χ2v) is 8.41. The lowest BCUT2D eigenvalue weighted by Gasteiger charge is -2.20. The smallest absolute Gasteiger partial charge is 0.261 e. The summed E-state index contributed by atoms with van der Waals surface area (Å²) in [5, 5.41) is 2.74. The minimum absolute atomic E-state index is 0.292. The number of rotatable bonds is 2. The molecular weight excluding hydrogens is 344 g/mol. The van der Waals surface area contributed by atoms with Gasteiger partial charge in [0, 0.05) is 16.5 Å². The average molecular weight is 360 g/mol. The molecule has 0 bridgehead atoms. The van der Waals surface area contributed by atoms with Crippen LogP contribution in [-0.2, 0) is 16.6 Å². The number of nitrogens with zero attached hydrogens (tertiary/aromatic N) is 2. The van der Waals surface area contributed by atoms with E-state index in [0.29, 0.717) is 11.4 Å². The van der Waals surface area contributed by atoms with Crippen LogP contribution in [0.1, 0.15) is 11.3 Å². The van der Waals surface area contributed by atoms with Gasteiger partial charge in [-0.1, -0.05) is 42.5 Å². The van der Waals surface area contributed by atoms with Crippen molar-refractivity contribution in [1.82, 2.24) is 4.98 Å². The fraction of sp³-hybridized carbons (Fsp3) is 0.0952. The Labute approximate surface area is 151 Å². The second-order valence-electron chi connectivity index (χ2n) is 6.58. The number of anilines is 1. The van der Waals surface area contributed by atoms with Crippen LogP contribution in [0.15, 0.2) is 71.6 Å². The average Bonchev–Trinajstić information content (AvgIpc) is 2.85. The molecule has 26 heavy (non-hydrogen) atoms. The Morgan fingerprint density at radius 2 is 1.73 bits per heavy atom. The molecule has 0 saturated carbocycles. The van der Waals surface area contributed by atoms with E-state index in [9.17, 15) is 8.42 Å². The number of benzene rings is 3. The topological polar surface area (TPSA) is 50.3 Å². The molecule has 0 amide bonds. The minimum Gasteiger partial charge on any atom is -0.261 e. The second kappa shape index (κ2) is 5.29. The number of hydrogen-bond donors (Lipinski definition) is 0. The molecule has 1 aliphatic rings. The molecule has 0 aliphatic carbocycles. The lowest BCUT2D eigenvalue weighted by molar-refractivity contribution is 0.593. The van der Waals surface area contributed by atoms with Crippen LogP contribution < -0.4 is 4.31 Å². The summed E-state index contributed by atoms with van der Waals surface area (Å²) < 4.78 is 27.9. The van der Waals surface area contributed by atoms with Gasteiger partial charge in [0.25, 0.3) is 10.0 Å². The molecule has 0 atom stereocenters. The molecule has 5 heteroatoms. The lowest BCUT2D eigenvalue weighted by atomic mass is 10.1. The van der Waals surface area contributed by atoms with Crippen molar-refractivity contribution in [2.24, 2.45) is 0 Å².